The lowest BCUT2D eigenvalue weighted by Crippen LogP contribution is -2.36. The molecule has 0 aliphatic carbocycles. The van der Waals surface area contributed by atoms with Gasteiger partial charge in [-0.15, -0.1) is 0 Å². The van der Waals surface area contributed by atoms with Gasteiger partial charge in [-0.2, -0.15) is 0 Å². The summed E-state index contributed by atoms with van der Waals surface area (Å²) in [6, 6.07) is 0.226. The average molecular weight is 218 g/mol. The summed E-state index contributed by atoms with van der Waals surface area (Å²) >= 11 is 0. The number of ether oxygens (including phenoxy) is 1. The summed E-state index contributed by atoms with van der Waals surface area (Å²) < 4.78 is 5.28. The maximum atomic E-state index is 9.08. The van der Waals surface area contributed by atoms with Gasteiger partial charge in [0, 0.05) is 19.2 Å². The van der Waals surface area contributed by atoms with Crippen LogP contribution >= 0.6 is 0 Å². The third kappa shape index (κ3) is 8.81. The SMILES string of the molecule is CCNC(CO)CCN(C)CCOCC. The van der Waals surface area contributed by atoms with Gasteiger partial charge in [0.1, 0.15) is 0 Å². The fourth-order valence-electron chi connectivity index (χ4n) is 1.40. The minimum atomic E-state index is 0.215. The van der Waals surface area contributed by atoms with Crippen molar-refractivity contribution in [1.82, 2.24) is 10.2 Å². The van der Waals surface area contributed by atoms with Crippen LogP contribution < -0.4 is 5.32 Å². The summed E-state index contributed by atoms with van der Waals surface area (Å²) in [5, 5.41) is 12.3. The molecule has 0 bridgehead atoms. The summed E-state index contributed by atoms with van der Waals surface area (Å²) in [6.45, 7) is 8.71. The van der Waals surface area contributed by atoms with Crippen molar-refractivity contribution in [3.8, 4) is 0 Å². The van der Waals surface area contributed by atoms with Crippen LogP contribution in [0.1, 0.15) is 20.3 Å². The second-order valence-corrected chi connectivity index (χ2v) is 3.73. The van der Waals surface area contributed by atoms with E-state index in [2.05, 4.69) is 24.2 Å². The molecule has 1 atom stereocenters. The molecule has 0 aliphatic heterocycles. The van der Waals surface area contributed by atoms with Gasteiger partial charge < -0.3 is 20.1 Å². The van der Waals surface area contributed by atoms with Crippen molar-refractivity contribution in [3.05, 3.63) is 0 Å². The number of hydrogen-bond donors (Lipinski definition) is 2. The molecule has 0 saturated carbocycles. The van der Waals surface area contributed by atoms with E-state index in [1.165, 1.54) is 0 Å². The highest BCUT2D eigenvalue weighted by Gasteiger charge is 2.06. The summed E-state index contributed by atoms with van der Waals surface area (Å²) in [6.07, 6.45) is 0.979. The lowest BCUT2D eigenvalue weighted by atomic mass is 10.2. The molecule has 0 aromatic carbocycles. The first-order valence-corrected chi connectivity index (χ1v) is 5.85. The molecule has 2 N–H and O–H groups in total. The van der Waals surface area contributed by atoms with E-state index < -0.39 is 0 Å². The first-order chi connectivity index (χ1) is 7.24. The van der Waals surface area contributed by atoms with Crippen molar-refractivity contribution >= 4 is 0 Å². The van der Waals surface area contributed by atoms with Crippen LogP contribution in [0.15, 0.2) is 0 Å². The van der Waals surface area contributed by atoms with E-state index >= 15 is 0 Å². The van der Waals surface area contributed by atoms with Crippen LogP contribution in [0.25, 0.3) is 0 Å². The Morgan fingerprint density at radius 1 is 1.33 bits per heavy atom. The smallest absolute Gasteiger partial charge is 0.0593 e. The Hall–Kier alpha value is -0.160. The molecule has 1 unspecified atom stereocenters. The van der Waals surface area contributed by atoms with Crippen LogP contribution in [-0.4, -0.2) is 62.6 Å². The van der Waals surface area contributed by atoms with E-state index in [1.54, 1.807) is 0 Å². The molecule has 4 nitrogen and oxygen atoms in total. The van der Waals surface area contributed by atoms with E-state index in [-0.39, 0.29) is 12.6 Å². The molecule has 4 heteroatoms. The van der Waals surface area contributed by atoms with Gasteiger partial charge in [0.2, 0.25) is 0 Å². The van der Waals surface area contributed by atoms with Crippen molar-refractivity contribution in [2.45, 2.75) is 26.3 Å². The Bertz CT molecular complexity index is 134. The molecule has 0 rings (SSSR count). The molecule has 0 spiro atoms. The summed E-state index contributed by atoms with van der Waals surface area (Å²) in [5.74, 6) is 0. The molecular weight excluding hydrogens is 192 g/mol. The number of nitrogens with one attached hydrogen (secondary N) is 1. The van der Waals surface area contributed by atoms with Gasteiger partial charge in [-0.05, 0) is 33.5 Å². The highest BCUT2D eigenvalue weighted by atomic mass is 16.5. The van der Waals surface area contributed by atoms with Gasteiger partial charge in [0.05, 0.1) is 13.2 Å². The van der Waals surface area contributed by atoms with Crippen LogP contribution in [0.2, 0.25) is 0 Å². The Morgan fingerprint density at radius 3 is 2.60 bits per heavy atom. The maximum Gasteiger partial charge on any atom is 0.0593 e. The van der Waals surface area contributed by atoms with E-state index in [4.69, 9.17) is 9.84 Å². The first kappa shape index (κ1) is 14.8. The van der Waals surface area contributed by atoms with Crippen LogP contribution in [0.3, 0.4) is 0 Å². The average Bonchev–Trinajstić information content (AvgIpc) is 2.24. The Kier molecular flexibility index (Phi) is 10.3. The molecular formula is C11H26N2O2. The molecule has 0 heterocycles. The van der Waals surface area contributed by atoms with Crippen molar-refractivity contribution in [3.63, 3.8) is 0 Å². The molecule has 0 saturated heterocycles. The minimum Gasteiger partial charge on any atom is -0.395 e. The first-order valence-electron chi connectivity index (χ1n) is 5.85. The summed E-state index contributed by atoms with van der Waals surface area (Å²) in [4.78, 5) is 2.23. The predicted octanol–water partition coefficient (Wildman–Crippen LogP) is 0.315. The largest absolute Gasteiger partial charge is 0.395 e. The second kappa shape index (κ2) is 10.4. The molecule has 0 aliphatic rings. The predicted molar refractivity (Wildman–Crippen MR) is 63.2 cm³/mol. The molecule has 0 amide bonds. The molecule has 0 aromatic heterocycles. The topological polar surface area (TPSA) is 44.7 Å². The lowest BCUT2D eigenvalue weighted by Gasteiger charge is -2.20. The summed E-state index contributed by atoms with van der Waals surface area (Å²) in [7, 11) is 2.08. The third-order valence-electron chi connectivity index (χ3n) is 2.39. The maximum absolute atomic E-state index is 9.08. The Morgan fingerprint density at radius 2 is 2.07 bits per heavy atom. The van der Waals surface area contributed by atoms with Crippen molar-refractivity contribution in [2.75, 3.05) is 46.5 Å². The minimum absolute atomic E-state index is 0.215. The van der Waals surface area contributed by atoms with Crippen molar-refractivity contribution in [2.24, 2.45) is 0 Å². The van der Waals surface area contributed by atoms with Gasteiger partial charge in [-0.1, -0.05) is 6.92 Å². The van der Waals surface area contributed by atoms with Crippen molar-refractivity contribution < 1.29 is 9.84 Å². The van der Waals surface area contributed by atoms with E-state index in [0.717, 1.165) is 39.3 Å². The number of hydrogen-bond acceptors (Lipinski definition) is 4. The number of likely N-dealkylation sites (N-methyl/N-ethyl adjacent to an activating group) is 2. The number of aliphatic hydroxyl groups excluding tert-OH is 1. The van der Waals surface area contributed by atoms with Gasteiger partial charge in [0.25, 0.3) is 0 Å². The molecule has 15 heavy (non-hydrogen) atoms. The molecule has 92 valence electrons. The van der Waals surface area contributed by atoms with Crippen LogP contribution in [0.5, 0.6) is 0 Å². The van der Waals surface area contributed by atoms with Gasteiger partial charge in [-0.25, -0.2) is 0 Å². The van der Waals surface area contributed by atoms with E-state index in [0.29, 0.717) is 0 Å². The third-order valence-corrected chi connectivity index (χ3v) is 2.39. The van der Waals surface area contributed by atoms with Gasteiger partial charge in [-0.3, -0.25) is 0 Å². The highest BCUT2D eigenvalue weighted by Crippen LogP contribution is 1.94. The molecule has 0 radical (unpaired) electrons. The second-order valence-electron chi connectivity index (χ2n) is 3.73. The van der Waals surface area contributed by atoms with Crippen LogP contribution in [0.4, 0.5) is 0 Å². The quantitative estimate of drug-likeness (QED) is 0.518. The lowest BCUT2D eigenvalue weighted by molar-refractivity contribution is 0.119. The molecule has 0 fully saturated rings. The summed E-state index contributed by atoms with van der Waals surface area (Å²) in [5.41, 5.74) is 0. The standard InChI is InChI=1S/C11H26N2O2/c1-4-12-11(10-14)6-7-13(3)8-9-15-5-2/h11-12,14H,4-10H2,1-3H3. The van der Waals surface area contributed by atoms with Crippen molar-refractivity contribution in [1.29, 1.82) is 0 Å². The van der Waals surface area contributed by atoms with Crippen LogP contribution in [-0.2, 0) is 4.74 Å². The highest BCUT2D eigenvalue weighted by molar-refractivity contribution is 4.66. The zero-order valence-electron chi connectivity index (χ0n) is 10.3. The van der Waals surface area contributed by atoms with E-state index in [9.17, 15) is 0 Å². The molecule has 0 aromatic rings. The number of rotatable bonds is 10. The zero-order chi connectivity index (χ0) is 11.5. The van der Waals surface area contributed by atoms with Gasteiger partial charge >= 0.3 is 0 Å². The fourth-order valence-corrected chi connectivity index (χ4v) is 1.40. The normalized spacial score (nSPS) is 13.4. The van der Waals surface area contributed by atoms with E-state index in [1.807, 2.05) is 6.92 Å². The fraction of sp³-hybridized carbons (Fsp3) is 1.00. The van der Waals surface area contributed by atoms with Gasteiger partial charge in [0.15, 0.2) is 0 Å². The monoisotopic (exact) mass is 218 g/mol. The van der Waals surface area contributed by atoms with Crippen LogP contribution in [0, 0.1) is 0 Å². The zero-order valence-corrected chi connectivity index (χ0v) is 10.3. The number of aliphatic hydroxyl groups is 1. The Labute approximate surface area is 93.6 Å². The Balaban J connectivity index is 3.45. The number of nitrogens with zero attached hydrogens (tertiary/aromatic N) is 1.